The molecule has 37 heavy (non-hydrogen) atoms. The monoisotopic (exact) mass is 536 g/mol. The van der Waals surface area contributed by atoms with E-state index in [2.05, 4.69) is 10.6 Å². The van der Waals surface area contributed by atoms with Gasteiger partial charge in [0.25, 0.3) is 11.4 Å². The van der Waals surface area contributed by atoms with E-state index in [1.165, 1.54) is 13.8 Å². The van der Waals surface area contributed by atoms with Gasteiger partial charge in [0.1, 0.15) is 17.5 Å². The van der Waals surface area contributed by atoms with Crippen LogP contribution < -0.4 is 10.6 Å². The Bertz CT molecular complexity index is 1140. The minimum Gasteiger partial charge on any atom is -0.349 e. The van der Waals surface area contributed by atoms with E-state index in [0.717, 1.165) is 12.1 Å². The van der Waals surface area contributed by atoms with E-state index in [1.807, 2.05) is 0 Å². The van der Waals surface area contributed by atoms with Crippen LogP contribution in [0.15, 0.2) is 36.4 Å². The van der Waals surface area contributed by atoms with Crippen LogP contribution in [0.25, 0.3) is 0 Å². The number of hydrogen-bond acceptors (Lipinski definition) is 6. The van der Waals surface area contributed by atoms with Crippen LogP contribution in [0.2, 0.25) is 0 Å². The first-order valence-corrected chi connectivity index (χ1v) is 10.2. The quantitative estimate of drug-likeness (QED) is 0.211. The minimum absolute atomic E-state index is 0.134. The molecule has 16 heteroatoms. The van der Waals surface area contributed by atoms with E-state index in [9.17, 15) is 56.2 Å². The zero-order chi connectivity index (χ0) is 28.3. The average Bonchev–Trinajstić information content (AvgIpc) is 2.76. The van der Waals surface area contributed by atoms with E-state index in [1.54, 1.807) is 0 Å². The predicted octanol–water partition coefficient (Wildman–Crippen LogP) is 4.99. The van der Waals surface area contributed by atoms with Crippen molar-refractivity contribution in [3.8, 4) is 0 Å². The van der Waals surface area contributed by atoms with Gasteiger partial charge in [-0.1, -0.05) is 12.1 Å². The fraction of sp³-hybridized carbons (Fsp3) is 0.333. The number of rotatable bonds is 8. The summed E-state index contributed by atoms with van der Waals surface area (Å²) in [5.74, 6) is -1.91. The van der Waals surface area contributed by atoms with Crippen LogP contribution in [0.3, 0.4) is 0 Å². The number of carbonyl (C=O) groups is 2. The summed E-state index contributed by atoms with van der Waals surface area (Å²) in [4.78, 5) is 43.7. The third-order valence-electron chi connectivity index (χ3n) is 5.12. The van der Waals surface area contributed by atoms with Gasteiger partial charge in [0.05, 0.1) is 21.9 Å². The van der Waals surface area contributed by atoms with Crippen LogP contribution in [0.1, 0.15) is 54.6 Å². The van der Waals surface area contributed by atoms with E-state index in [0.29, 0.717) is 24.3 Å². The lowest BCUT2D eigenvalue weighted by molar-refractivity contribution is -0.388. The maximum atomic E-state index is 13.2. The topological polar surface area (TPSA) is 144 Å². The number of nitro benzene ring substituents is 2. The highest BCUT2D eigenvalue weighted by molar-refractivity contribution is 5.97. The van der Waals surface area contributed by atoms with Crippen LogP contribution >= 0.6 is 0 Å². The van der Waals surface area contributed by atoms with Gasteiger partial charge in [-0.3, -0.25) is 29.8 Å². The van der Waals surface area contributed by atoms with Crippen molar-refractivity contribution in [2.45, 2.75) is 44.7 Å². The summed E-state index contributed by atoms with van der Waals surface area (Å²) in [5, 5.41) is 26.2. The third kappa shape index (κ3) is 7.37. The number of alkyl halides is 6. The van der Waals surface area contributed by atoms with Crippen molar-refractivity contribution in [3.05, 3.63) is 78.9 Å². The molecule has 0 bridgehead atoms. The van der Waals surface area contributed by atoms with Crippen molar-refractivity contribution in [2.24, 2.45) is 0 Å². The highest BCUT2D eigenvalue weighted by Gasteiger charge is 2.39. The Balaban J connectivity index is 2.09. The lowest BCUT2D eigenvalue weighted by Crippen LogP contribution is -2.34. The minimum atomic E-state index is -5.04. The van der Waals surface area contributed by atoms with Gasteiger partial charge in [0.15, 0.2) is 0 Å². The van der Waals surface area contributed by atoms with Gasteiger partial charge in [-0.15, -0.1) is 0 Å². The average molecular weight is 536 g/mol. The number of halogens is 6. The molecule has 200 valence electrons. The summed E-state index contributed by atoms with van der Waals surface area (Å²) in [6.45, 7) is 2.55. The Morgan fingerprint density at radius 3 is 1.35 bits per heavy atom. The first-order valence-electron chi connectivity index (χ1n) is 10.2. The molecule has 2 N–H and O–H groups in total. The van der Waals surface area contributed by atoms with Crippen molar-refractivity contribution >= 4 is 23.2 Å². The van der Waals surface area contributed by atoms with Crippen molar-refractivity contribution in [2.75, 3.05) is 0 Å². The van der Waals surface area contributed by atoms with Crippen molar-refractivity contribution in [3.63, 3.8) is 0 Å². The number of nitrogens with zero attached hydrogens (tertiary/aromatic N) is 2. The van der Waals surface area contributed by atoms with Crippen molar-refractivity contribution in [1.82, 2.24) is 10.6 Å². The Labute approximate surface area is 203 Å². The highest BCUT2D eigenvalue weighted by atomic mass is 19.4. The number of hydrogen-bond donors (Lipinski definition) is 2. The van der Waals surface area contributed by atoms with E-state index in [-0.39, 0.29) is 11.1 Å². The molecular weight excluding hydrogens is 518 g/mol. The first-order chi connectivity index (χ1) is 16.9. The largest absolute Gasteiger partial charge is 0.423 e. The van der Waals surface area contributed by atoms with Crippen LogP contribution in [0.4, 0.5) is 37.7 Å². The summed E-state index contributed by atoms with van der Waals surface area (Å²) in [6, 6.07) is 2.09. The Morgan fingerprint density at radius 1 is 0.757 bits per heavy atom. The Hall–Kier alpha value is -4.24. The molecule has 0 radical (unpaired) electrons. The third-order valence-corrected chi connectivity index (χ3v) is 5.12. The van der Waals surface area contributed by atoms with Gasteiger partial charge >= 0.3 is 12.4 Å². The highest BCUT2D eigenvalue weighted by Crippen LogP contribution is 2.38. The summed E-state index contributed by atoms with van der Waals surface area (Å²) in [6.07, 6.45) is -10.9. The van der Waals surface area contributed by atoms with Gasteiger partial charge in [0.2, 0.25) is 11.8 Å². The van der Waals surface area contributed by atoms with E-state index in [4.69, 9.17) is 0 Å². The molecule has 0 fully saturated rings. The number of amides is 2. The zero-order valence-corrected chi connectivity index (χ0v) is 18.9. The summed E-state index contributed by atoms with van der Waals surface area (Å²) < 4.78 is 79.0. The number of nitrogens with one attached hydrogen (secondary N) is 2. The molecule has 0 saturated carbocycles. The Kier molecular flexibility index (Phi) is 8.46. The Morgan fingerprint density at radius 2 is 1.08 bits per heavy atom. The van der Waals surface area contributed by atoms with Gasteiger partial charge < -0.3 is 10.6 Å². The van der Waals surface area contributed by atoms with Crippen molar-refractivity contribution < 1.29 is 45.8 Å². The van der Waals surface area contributed by atoms with Crippen LogP contribution in [0.5, 0.6) is 0 Å². The lowest BCUT2D eigenvalue weighted by atomic mass is 10.0. The van der Waals surface area contributed by atoms with E-state index < -0.39 is 75.0 Å². The molecule has 0 aliphatic heterocycles. The number of benzene rings is 2. The molecule has 10 nitrogen and oxygen atoms in total. The van der Waals surface area contributed by atoms with Gasteiger partial charge in [-0.25, -0.2) is 0 Å². The second kappa shape index (κ2) is 10.8. The molecule has 0 heterocycles. The van der Waals surface area contributed by atoms with Gasteiger partial charge in [-0.05, 0) is 37.1 Å². The number of nitro groups is 2. The van der Waals surface area contributed by atoms with Gasteiger partial charge in [0, 0.05) is 12.1 Å². The predicted molar refractivity (Wildman–Crippen MR) is 114 cm³/mol. The normalized spacial score (nSPS) is 13.4. The molecule has 0 aliphatic carbocycles. The summed E-state index contributed by atoms with van der Waals surface area (Å²) in [7, 11) is 0. The molecule has 2 amide bonds. The molecule has 2 atom stereocenters. The van der Waals surface area contributed by atoms with Crippen molar-refractivity contribution in [1.29, 1.82) is 0 Å². The summed E-state index contributed by atoms with van der Waals surface area (Å²) >= 11 is 0. The molecule has 0 saturated heterocycles. The van der Waals surface area contributed by atoms with Crippen LogP contribution in [0, 0.1) is 20.2 Å². The number of carbonyl (C=O) groups excluding carboxylic acids is 2. The zero-order valence-electron chi connectivity index (χ0n) is 18.9. The van der Waals surface area contributed by atoms with Crippen LogP contribution in [-0.4, -0.2) is 21.7 Å². The fourth-order valence-electron chi connectivity index (χ4n) is 3.32. The smallest absolute Gasteiger partial charge is 0.349 e. The standard InChI is InChI=1S/C21H18F6N4O6/c1-10(12-3-5-16(30(34)35)14(7-12)20(22,23)24)28-18(32)9-19(33)29-11(2)13-4-6-17(31(36)37)15(8-13)21(25,26)27/h3-8,10-11H,9H2,1-2H3,(H,28,32)(H,29,33). The van der Waals surface area contributed by atoms with Gasteiger partial charge in [-0.2, -0.15) is 26.3 Å². The first kappa shape index (κ1) is 29.0. The van der Waals surface area contributed by atoms with Crippen LogP contribution in [-0.2, 0) is 21.9 Å². The fourth-order valence-corrected chi connectivity index (χ4v) is 3.32. The lowest BCUT2D eigenvalue weighted by Gasteiger charge is -2.18. The maximum Gasteiger partial charge on any atom is 0.423 e. The molecule has 0 aliphatic rings. The molecule has 2 unspecified atom stereocenters. The molecular formula is C21H18F6N4O6. The molecule has 2 aromatic carbocycles. The second-order valence-electron chi connectivity index (χ2n) is 7.82. The molecule has 0 aromatic heterocycles. The SMILES string of the molecule is CC(NC(=O)CC(=O)NC(C)c1ccc([N+](=O)[O-])c(C(F)(F)F)c1)c1ccc([N+](=O)[O-])c(C(F)(F)F)c1. The maximum absolute atomic E-state index is 13.2. The second-order valence-corrected chi connectivity index (χ2v) is 7.82. The molecule has 2 rings (SSSR count). The molecule has 2 aromatic rings. The van der Waals surface area contributed by atoms with E-state index >= 15 is 0 Å². The molecule has 0 spiro atoms. The summed E-state index contributed by atoms with van der Waals surface area (Å²) in [5.41, 5.74) is -5.67.